The zero-order valence-electron chi connectivity index (χ0n) is 11.8. The molecular formula is C14H12ClN3O4. The number of halogens is 1. The van der Waals surface area contributed by atoms with Gasteiger partial charge in [0.2, 0.25) is 5.91 Å². The van der Waals surface area contributed by atoms with E-state index in [1.807, 2.05) is 0 Å². The number of hydrazone groups is 1. The molecule has 1 fully saturated rings. The van der Waals surface area contributed by atoms with Crippen molar-refractivity contribution in [2.75, 3.05) is 12.0 Å². The molecule has 2 amide bonds. The molecule has 0 spiro atoms. The Labute approximate surface area is 130 Å². The predicted molar refractivity (Wildman–Crippen MR) is 78.4 cm³/mol. The van der Waals surface area contributed by atoms with E-state index in [0.29, 0.717) is 10.7 Å². The van der Waals surface area contributed by atoms with E-state index >= 15 is 0 Å². The summed E-state index contributed by atoms with van der Waals surface area (Å²) in [5, 5.41) is 4.30. The van der Waals surface area contributed by atoms with Gasteiger partial charge in [0.15, 0.2) is 5.71 Å². The fraction of sp³-hybridized carbons (Fsp3) is 0.286. The van der Waals surface area contributed by atoms with E-state index in [-0.39, 0.29) is 5.71 Å². The van der Waals surface area contributed by atoms with Crippen LogP contribution < -0.4 is 10.3 Å². The third kappa shape index (κ3) is 1.82. The number of fused-ring (bicyclic) bond motifs is 1. The number of rotatable bonds is 2. The first-order valence-corrected chi connectivity index (χ1v) is 6.85. The van der Waals surface area contributed by atoms with Gasteiger partial charge in [-0.15, -0.1) is 0 Å². The number of carbonyl (C=O) groups is 3. The van der Waals surface area contributed by atoms with Gasteiger partial charge in [0.1, 0.15) is 11.5 Å². The molecule has 0 radical (unpaired) electrons. The van der Waals surface area contributed by atoms with E-state index in [1.165, 1.54) is 14.0 Å². The number of amides is 2. The van der Waals surface area contributed by atoms with Crippen LogP contribution in [0.25, 0.3) is 0 Å². The summed E-state index contributed by atoms with van der Waals surface area (Å²) in [6.07, 6.45) is 0. The third-order valence-corrected chi connectivity index (χ3v) is 4.11. The zero-order valence-corrected chi connectivity index (χ0v) is 12.5. The van der Waals surface area contributed by atoms with Gasteiger partial charge in [0.25, 0.3) is 5.91 Å². The molecular weight excluding hydrogens is 310 g/mol. The van der Waals surface area contributed by atoms with Gasteiger partial charge in [-0.1, -0.05) is 11.6 Å². The Hall–Kier alpha value is -2.41. The lowest BCUT2D eigenvalue weighted by molar-refractivity contribution is -0.133. The van der Waals surface area contributed by atoms with Gasteiger partial charge >= 0.3 is 5.97 Å². The van der Waals surface area contributed by atoms with Crippen molar-refractivity contribution in [3.63, 3.8) is 0 Å². The summed E-state index contributed by atoms with van der Waals surface area (Å²) in [7, 11) is 1.19. The normalized spacial score (nSPS) is 26.6. The molecule has 1 aromatic carbocycles. The minimum Gasteiger partial charge on any atom is -0.464 e. The summed E-state index contributed by atoms with van der Waals surface area (Å²) in [5.41, 5.74) is 1.60. The van der Waals surface area contributed by atoms with Gasteiger partial charge in [-0.3, -0.25) is 15.0 Å². The first kappa shape index (κ1) is 14.5. The number of methoxy groups -OCH3 is 1. The molecule has 114 valence electrons. The second kappa shape index (κ2) is 4.81. The van der Waals surface area contributed by atoms with Crippen LogP contribution in [0.4, 0.5) is 5.69 Å². The maximum atomic E-state index is 12.7. The highest BCUT2D eigenvalue weighted by atomic mass is 35.5. The van der Waals surface area contributed by atoms with E-state index in [2.05, 4.69) is 15.3 Å². The molecule has 2 aliphatic rings. The molecule has 8 heteroatoms. The molecule has 7 nitrogen and oxygen atoms in total. The first-order valence-electron chi connectivity index (χ1n) is 6.47. The molecule has 1 N–H and O–H groups in total. The minimum absolute atomic E-state index is 0.0974. The Morgan fingerprint density at radius 1 is 1.36 bits per heavy atom. The van der Waals surface area contributed by atoms with E-state index in [4.69, 9.17) is 11.6 Å². The van der Waals surface area contributed by atoms with Crippen molar-refractivity contribution in [2.24, 2.45) is 11.0 Å². The summed E-state index contributed by atoms with van der Waals surface area (Å²) >= 11 is 5.82. The molecule has 2 heterocycles. The predicted octanol–water partition coefficient (Wildman–Crippen LogP) is 0.720. The summed E-state index contributed by atoms with van der Waals surface area (Å²) in [5.74, 6) is -2.75. The second-order valence-electron chi connectivity index (χ2n) is 5.19. The number of imide groups is 1. The highest BCUT2D eigenvalue weighted by Gasteiger charge is 2.63. The van der Waals surface area contributed by atoms with Crippen LogP contribution >= 0.6 is 11.6 Å². The van der Waals surface area contributed by atoms with E-state index in [1.54, 1.807) is 24.3 Å². The largest absolute Gasteiger partial charge is 0.464 e. The topological polar surface area (TPSA) is 88.1 Å². The van der Waals surface area contributed by atoms with Crippen LogP contribution in [0.15, 0.2) is 29.4 Å². The maximum absolute atomic E-state index is 12.7. The maximum Gasteiger partial charge on any atom is 0.355 e. The van der Waals surface area contributed by atoms with Crippen LogP contribution in [-0.2, 0) is 19.1 Å². The van der Waals surface area contributed by atoms with Crippen molar-refractivity contribution in [3.8, 4) is 0 Å². The van der Waals surface area contributed by atoms with Gasteiger partial charge in [-0.25, -0.2) is 9.69 Å². The Bertz CT molecular complexity index is 715. The summed E-state index contributed by atoms with van der Waals surface area (Å²) in [4.78, 5) is 38.1. The monoisotopic (exact) mass is 321 g/mol. The van der Waals surface area contributed by atoms with Crippen LogP contribution in [0.5, 0.6) is 0 Å². The fourth-order valence-electron chi connectivity index (χ4n) is 2.68. The van der Waals surface area contributed by atoms with Crippen LogP contribution in [0.1, 0.15) is 6.92 Å². The van der Waals surface area contributed by atoms with E-state index in [9.17, 15) is 14.4 Å². The molecule has 2 atom stereocenters. The number of nitrogens with zero attached hydrogens (tertiary/aromatic N) is 2. The smallest absolute Gasteiger partial charge is 0.355 e. The number of hydrogen-bond donors (Lipinski definition) is 1. The molecule has 1 aromatic rings. The average Bonchev–Trinajstić information content (AvgIpc) is 2.95. The summed E-state index contributed by atoms with van der Waals surface area (Å²) < 4.78 is 4.62. The van der Waals surface area contributed by atoms with Crippen molar-refractivity contribution in [3.05, 3.63) is 29.3 Å². The standard InChI is InChI=1S/C14H12ClN3O4/c1-14-9(10(16-17-14)12(20)22-2)11(19)18(13(14)21)8-5-3-7(15)4-6-8/h3-6,9,17H,1-2H3/t9-,14-/m0/s1. The van der Waals surface area contributed by atoms with Crippen molar-refractivity contribution >= 4 is 40.8 Å². The first-order chi connectivity index (χ1) is 10.4. The molecule has 0 saturated carbocycles. The average molecular weight is 322 g/mol. The molecule has 1 saturated heterocycles. The number of hydrogen-bond acceptors (Lipinski definition) is 6. The van der Waals surface area contributed by atoms with Gasteiger partial charge < -0.3 is 4.74 Å². The number of ether oxygens (including phenoxy) is 1. The molecule has 0 aliphatic carbocycles. The lowest BCUT2D eigenvalue weighted by Crippen LogP contribution is -2.48. The Kier molecular flexibility index (Phi) is 3.17. The van der Waals surface area contributed by atoms with Crippen molar-refractivity contribution in [1.82, 2.24) is 5.43 Å². The van der Waals surface area contributed by atoms with Gasteiger partial charge in [0, 0.05) is 5.02 Å². The van der Waals surface area contributed by atoms with E-state index in [0.717, 1.165) is 4.90 Å². The van der Waals surface area contributed by atoms with Gasteiger partial charge in [0.05, 0.1) is 12.8 Å². The number of anilines is 1. The Balaban J connectivity index is 2.03. The SMILES string of the molecule is COC(=O)C1=NN[C@]2(C)C(=O)N(c3ccc(Cl)cc3)C(=O)[C@H]12. The number of benzene rings is 1. The Morgan fingerprint density at radius 2 is 2.00 bits per heavy atom. The summed E-state index contributed by atoms with van der Waals surface area (Å²) in [6, 6.07) is 6.29. The molecule has 0 unspecified atom stereocenters. The number of esters is 1. The number of nitrogens with one attached hydrogen (secondary N) is 1. The van der Waals surface area contributed by atoms with Crippen LogP contribution in [0, 0.1) is 5.92 Å². The number of carbonyl (C=O) groups excluding carboxylic acids is 3. The van der Waals surface area contributed by atoms with Crippen LogP contribution in [-0.4, -0.2) is 36.1 Å². The molecule has 3 rings (SSSR count). The van der Waals surface area contributed by atoms with Crippen molar-refractivity contribution < 1.29 is 19.1 Å². The lowest BCUT2D eigenvalue weighted by Gasteiger charge is -2.20. The third-order valence-electron chi connectivity index (χ3n) is 3.85. The molecule has 0 bridgehead atoms. The molecule has 2 aliphatic heterocycles. The molecule has 22 heavy (non-hydrogen) atoms. The Morgan fingerprint density at radius 3 is 2.59 bits per heavy atom. The quantitative estimate of drug-likeness (QED) is 0.640. The van der Waals surface area contributed by atoms with Crippen LogP contribution in [0.2, 0.25) is 5.02 Å². The minimum atomic E-state index is -1.29. The van der Waals surface area contributed by atoms with E-state index < -0.39 is 29.2 Å². The lowest BCUT2D eigenvalue weighted by atomic mass is 9.86. The zero-order chi connectivity index (χ0) is 16.1. The van der Waals surface area contributed by atoms with Crippen molar-refractivity contribution in [2.45, 2.75) is 12.5 Å². The highest BCUT2D eigenvalue weighted by Crippen LogP contribution is 2.38. The van der Waals surface area contributed by atoms with Crippen molar-refractivity contribution in [1.29, 1.82) is 0 Å². The fourth-order valence-corrected chi connectivity index (χ4v) is 2.80. The molecule has 0 aromatic heterocycles. The van der Waals surface area contributed by atoms with Gasteiger partial charge in [-0.2, -0.15) is 5.10 Å². The highest BCUT2D eigenvalue weighted by molar-refractivity contribution is 6.47. The summed E-state index contributed by atoms with van der Waals surface area (Å²) in [6.45, 7) is 1.53. The second-order valence-corrected chi connectivity index (χ2v) is 5.63. The van der Waals surface area contributed by atoms with Crippen LogP contribution in [0.3, 0.4) is 0 Å². The van der Waals surface area contributed by atoms with Gasteiger partial charge in [-0.05, 0) is 31.2 Å².